The Morgan fingerprint density at radius 1 is 1.04 bits per heavy atom. The summed E-state index contributed by atoms with van der Waals surface area (Å²) < 4.78 is 2.01. The molecule has 2 heterocycles. The van der Waals surface area contributed by atoms with Crippen LogP contribution in [0.3, 0.4) is 0 Å². The minimum atomic E-state index is -0.0857. The van der Waals surface area contributed by atoms with Crippen LogP contribution in [0, 0.1) is 0 Å². The van der Waals surface area contributed by atoms with Gasteiger partial charge in [-0.25, -0.2) is 4.98 Å². The fourth-order valence-electron chi connectivity index (χ4n) is 2.14. The normalized spacial score (nSPS) is 10.8. The highest BCUT2D eigenvalue weighted by Gasteiger charge is 2.12. The van der Waals surface area contributed by atoms with Gasteiger partial charge in [0.25, 0.3) is 0 Å². The van der Waals surface area contributed by atoms with Crippen LogP contribution in [0.5, 0.6) is 0 Å². The van der Waals surface area contributed by atoms with Crippen molar-refractivity contribution in [1.82, 2.24) is 25.3 Å². The number of thiazole rings is 1. The number of carbonyl (C=O) groups excluding carboxylic acids is 1. The lowest BCUT2D eigenvalue weighted by Crippen LogP contribution is -2.27. The average Bonchev–Trinajstić information content (AvgIpc) is 3.07. The molecule has 1 aromatic carbocycles. The van der Waals surface area contributed by atoms with E-state index in [0.29, 0.717) is 23.5 Å². The molecule has 8 nitrogen and oxygen atoms in total. The zero-order valence-corrected chi connectivity index (χ0v) is 17.3. The van der Waals surface area contributed by atoms with Crippen LogP contribution in [0.4, 0.5) is 11.9 Å². The summed E-state index contributed by atoms with van der Waals surface area (Å²) in [6.45, 7) is 0.253. The van der Waals surface area contributed by atoms with E-state index in [9.17, 15) is 4.79 Å². The maximum absolute atomic E-state index is 12.2. The van der Waals surface area contributed by atoms with Gasteiger partial charge in [-0.3, -0.25) is 4.79 Å². The minimum Gasteiger partial charge on any atom is -0.348 e. The van der Waals surface area contributed by atoms with E-state index >= 15 is 0 Å². The Balaban J connectivity index is 1.58. The highest BCUT2D eigenvalue weighted by molar-refractivity contribution is 8.01. The number of fused-ring (bicyclic) bond motifs is 1. The van der Waals surface area contributed by atoms with Gasteiger partial charge in [-0.05, 0) is 12.1 Å². The van der Waals surface area contributed by atoms with E-state index in [1.807, 2.05) is 62.3 Å². The third-order valence-corrected chi connectivity index (χ3v) is 5.68. The number of nitrogens with one attached hydrogen (secondary N) is 1. The quantitative estimate of drug-likeness (QED) is 0.600. The van der Waals surface area contributed by atoms with Crippen molar-refractivity contribution in [2.45, 2.75) is 10.9 Å². The molecule has 0 spiro atoms. The SMILES string of the molecule is CN(C)c1nc(CNC(=O)CSc2nc3ccccc3s2)nc(N(C)C)n1. The molecular formula is C17H21N7OS2. The summed E-state index contributed by atoms with van der Waals surface area (Å²) in [4.78, 5) is 33.5. The van der Waals surface area contributed by atoms with Crippen LogP contribution in [-0.2, 0) is 11.3 Å². The first-order valence-electron chi connectivity index (χ1n) is 8.27. The number of amides is 1. The van der Waals surface area contributed by atoms with Gasteiger partial charge in [0.1, 0.15) is 0 Å². The molecule has 0 aliphatic rings. The molecule has 0 atom stereocenters. The van der Waals surface area contributed by atoms with Gasteiger partial charge in [0, 0.05) is 28.2 Å². The molecule has 0 radical (unpaired) electrons. The second-order valence-electron chi connectivity index (χ2n) is 6.15. The molecule has 0 aliphatic carbocycles. The van der Waals surface area contributed by atoms with Crippen LogP contribution in [0.15, 0.2) is 28.6 Å². The Hall–Kier alpha value is -2.46. The van der Waals surface area contributed by atoms with Gasteiger partial charge in [-0.15, -0.1) is 11.3 Å². The molecule has 0 unspecified atom stereocenters. The van der Waals surface area contributed by atoms with Gasteiger partial charge in [-0.1, -0.05) is 23.9 Å². The molecular weight excluding hydrogens is 382 g/mol. The number of thioether (sulfide) groups is 1. The number of para-hydroxylation sites is 1. The van der Waals surface area contributed by atoms with Crippen molar-refractivity contribution in [1.29, 1.82) is 0 Å². The first-order chi connectivity index (χ1) is 12.9. The van der Waals surface area contributed by atoms with Gasteiger partial charge in [-0.2, -0.15) is 15.0 Å². The first kappa shape index (κ1) is 19.3. The second kappa shape index (κ2) is 8.49. The average molecular weight is 404 g/mol. The zero-order chi connectivity index (χ0) is 19.4. The van der Waals surface area contributed by atoms with E-state index in [-0.39, 0.29) is 12.5 Å². The van der Waals surface area contributed by atoms with E-state index in [1.54, 1.807) is 11.3 Å². The third-order valence-electron chi connectivity index (χ3n) is 3.50. The van der Waals surface area contributed by atoms with Crippen LogP contribution in [0.25, 0.3) is 10.2 Å². The highest BCUT2D eigenvalue weighted by atomic mass is 32.2. The summed E-state index contributed by atoms with van der Waals surface area (Å²) in [5.41, 5.74) is 0.961. The number of benzene rings is 1. The summed E-state index contributed by atoms with van der Waals surface area (Å²) >= 11 is 3.02. The summed E-state index contributed by atoms with van der Waals surface area (Å²) in [7, 11) is 7.47. The van der Waals surface area contributed by atoms with Crippen LogP contribution < -0.4 is 15.1 Å². The maximum atomic E-state index is 12.2. The summed E-state index contributed by atoms with van der Waals surface area (Å²) in [6.07, 6.45) is 0. The summed E-state index contributed by atoms with van der Waals surface area (Å²) in [5, 5.41) is 2.86. The summed E-state index contributed by atoms with van der Waals surface area (Å²) in [6, 6.07) is 7.95. The first-order valence-corrected chi connectivity index (χ1v) is 10.1. The highest BCUT2D eigenvalue weighted by Crippen LogP contribution is 2.29. The molecule has 1 N–H and O–H groups in total. The largest absolute Gasteiger partial charge is 0.348 e. The molecule has 10 heteroatoms. The summed E-state index contributed by atoms with van der Waals surface area (Å²) in [5.74, 6) is 1.85. The topological polar surface area (TPSA) is 87.1 Å². The number of carbonyl (C=O) groups is 1. The molecule has 0 saturated carbocycles. The Morgan fingerprint density at radius 3 is 2.33 bits per heavy atom. The smallest absolute Gasteiger partial charge is 0.230 e. The predicted octanol–water partition coefficient (Wildman–Crippen LogP) is 2.02. The lowest BCUT2D eigenvalue weighted by atomic mass is 10.3. The molecule has 0 aliphatic heterocycles. The number of rotatable bonds is 7. The lowest BCUT2D eigenvalue weighted by Gasteiger charge is -2.16. The molecule has 2 aromatic heterocycles. The Kier molecular flexibility index (Phi) is 6.07. The van der Waals surface area contributed by atoms with E-state index in [1.165, 1.54) is 11.8 Å². The third kappa shape index (κ3) is 5.04. The lowest BCUT2D eigenvalue weighted by molar-refractivity contribution is -0.118. The Morgan fingerprint density at radius 2 is 1.70 bits per heavy atom. The molecule has 1 amide bonds. The van der Waals surface area contributed by atoms with Crippen molar-refractivity contribution in [2.24, 2.45) is 0 Å². The standard InChI is InChI=1S/C17H21N7OS2/c1-23(2)15-20-13(21-16(22-15)24(3)4)9-18-14(25)10-26-17-19-11-7-5-6-8-12(11)27-17/h5-8H,9-10H2,1-4H3,(H,18,25). The zero-order valence-electron chi connectivity index (χ0n) is 15.6. The number of hydrogen-bond acceptors (Lipinski definition) is 9. The fraction of sp³-hybridized carbons (Fsp3) is 0.353. The van der Waals surface area contributed by atoms with Crippen molar-refractivity contribution in [3.63, 3.8) is 0 Å². The Bertz CT molecular complexity index is 883. The number of anilines is 2. The van der Waals surface area contributed by atoms with Crippen molar-refractivity contribution < 1.29 is 4.79 Å². The van der Waals surface area contributed by atoms with Crippen LogP contribution in [-0.4, -0.2) is 59.8 Å². The van der Waals surface area contributed by atoms with Crippen LogP contribution >= 0.6 is 23.1 Å². The monoisotopic (exact) mass is 403 g/mol. The predicted molar refractivity (Wildman–Crippen MR) is 111 cm³/mol. The van der Waals surface area contributed by atoms with E-state index in [0.717, 1.165) is 14.6 Å². The molecule has 142 valence electrons. The van der Waals surface area contributed by atoms with Crippen molar-refractivity contribution in [3.05, 3.63) is 30.1 Å². The number of hydrogen-bond donors (Lipinski definition) is 1. The van der Waals surface area contributed by atoms with E-state index < -0.39 is 0 Å². The van der Waals surface area contributed by atoms with E-state index in [2.05, 4.69) is 25.3 Å². The van der Waals surface area contributed by atoms with Crippen molar-refractivity contribution >= 4 is 51.1 Å². The molecule has 0 bridgehead atoms. The van der Waals surface area contributed by atoms with Crippen molar-refractivity contribution in [3.8, 4) is 0 Å². The van der Waals surface area contributed by atoms with E-state index in [4.69, 9.17) is 0 Å². The molecule has 27 heavy (non-hydrogen) atoms. The van der Waals surface area contributed by atoms with Crippen molar-refractivity contribution in [2.75, 3.05) is 43.7 Å². The van der Waals surface area contributed by atoms with Gasteiger partial charge in [0.2, 0.25) is 17.8 Å². The van der Waals surface area contributed by atoms with Crippen LogP contribution in [0.1, 0.15) is 5.82 Å². The minimum absolute atomic E-state index is 0.0857. The van der Waals surface area contributed by atoms with Gasteiger partial charge in [0.05, 0.1) is 22.5 Å². The number of aromatic nitrogens is 4. The number of nitrogens with zero attached hydrogens (tertiary/aromatic N) is 6. The second-order valence-corrected chi connectivity index (χ2v) is 8.41. The molecule has 0 saturated heterocycles. The molecule has 3 aromatic rings. The molecule has 3 rings (SSSR count). The van der Waals surface area contributed by atoms with Gasteiger partial charge >= 0.3 is 0 Å². The van der Waals surface area contributed by atoms with Gasteiger partial charge in [0.15, 0.2) is 10.2 Å². The maximum Gasteiger partial charge on any atom is 0.230 e. The molecule has 0 fully saturated rings. The Labute approximate surface area is 166 Å². The van der Waals surface area contributed by atoms with Crippen LogP contribution in [0.2, 0.25) is 0 Å². The fourth-order valence-corrected chi connectivity index (χ4v) is 4.04. The van der Waals surface area contributed by atoms with Gasteiger partial charge < -0.3 is 15.1 Å².